The highest BCUT2D eigenvalue weighted by molar-refractivity contribution is 4.82. The van der Waals surface area contributed by atoms with E-state index in [1.54, 1.807) is 0 Å². The van der Waals surface area contributed by atoms with Gasteiger partial charge >= 0.3 is 6.18 Å². The Bertz CT molecular complexity index is 243. The summed E-state index contributed by atoms with van der Waals surface area (Å²) in [4.78, 5) is 2.33. The van der Waals surface area contributed by atoms with E-state index in [1.165, 1.54) is 0 Å². The lowest BCUT2D eigenvalue weighted by Gasteiger charge is -2.41. The fraction of sp³-hybridized carbons (Fsp3) is 1.00. The summed E-state index contributed by atoms with van der Waals surface area (Å²) in [6.45, 7) is 5.81. The molecule has 1 aliphatic heterocycles. The van der Waals surface area contributed by atoms with Crippen LogP contribution in [0, 0.1) is 5.92 Å². The van der Waals surface area contributed by atoms with Crippen LogP contribution in [0.25, 0.3) is 0 Å². The monoisotopic (exact) mass is 266 g/mol. The summed E-state index contributed by atoms with van der Waals surface area (Å²) in [5.41, 5.74) is 5.69. The minimum atomic E-state index is -4.02. The van der Waals surface area contributed by atoms with Gasteiger partial charge in [0.25, 0.3) is 0 Å². The smallest absolute Gasteiger partial charge is 0.330 e. The van der Waals surface area contributed by atoms with Gasteiger partial charge in [0, 0.05) is 25.0 Å². The third-order valence-corrected chi connectivity index (χ3v) is 4.01. The molecule has 1 saturated heterocycles. The van der Waals surface area contributed by atoms with Gasteiger partial charge in [-0.05, 0) is 52.0 Å². The maximum atomic E-state index is 12.1. The van der Waals surface area contributed by atoms with Crippen molar-refractivity contribution in [3.63, 3.8) is 0 Å². The number of likely N-dealkylation sites (tertiary alicyclic amines) is 1. The minimum absolute atomic E-state index is 0.219. The lowest BCUT2D eigenvalue weighted by Crippen LogP contribution is -2.48. The predicted molar refractivity (Wildman–Crippen MR) is 67.3 cm³/mol. The summed E-state index contributed by atoms with van der Waals surface area (Å²) in [7, 11) is 0. The molecule has 3 atom stereocenters. The van der Waals surface area contributed by atoms with Gasteiger partial charge < -0.3 is 5.73 Å². The summed E-state index contributed by atoms with van der Waals surface area (Å²) in [5, 5.41) is 0. The zero-order valence-electron chi connectivity index (χ0n) is 11.3. The van der Waals surface area contributed by atoms with Crippen LogP contribution in [0.5, 0.6) is 0 Å². The maximum Gasteiger partial charge on any atom is 0.389 e. The molecule has 1 heterocycles. The van der Waals surface area contributed by atoms with E-state index < -0.39 is 12.6 Å². The summed E-state index contributed by atoms with van der Waals surface area (Å²) in [6, 6.07) is 0.686. The molecule has 1 fully saturated rings. The molecule has 0 radical (unpaired) electrons. The van der Waals surface area contributed by atoms with Crippen molar-refractivity contribution < 1.29 is 13.2 Å². The second-order valence-corrected chi connectivity index (χ2v) is 5.58. The Morgan fingerprint density at radius 3 is 2.56 bits per heavy atom. The highest BCUT2D eigenvalue weighted by atomic mass is 19.4. The molecule has 0 aromatic rings. The Labute approximate surface area is 108 Å². The van der Waals surface area contributed by atoms with Gasteiger partial charge in [-0.2, -0.15) is 13.2 Å². The van der Waals surface area contributed by atoms with Crippen LogP contribution >= 0.6 is 0 Å². The van der Waals surface area contributed by atoms with Gasteiger partial charge in [-0.15, -0.1) is 0 Å². The predicted octanol–water partition coefficient (Wildman–Crippen LogP) is 3.17. The topological polar surface area (TPSA) is 29.3 Å². The van der Waals surface area contributed by atoms with Crippen LogP contribution in [0.1, 0.15) is 46.0 Å². The van der Waals surface area contributed by atoms with Crippen LogP contribution in [0.15, 0.2) is 0 Å². The molecule has 0 amide bonds. The summed E-state index contributed by atoms with van der Waals surface area (Å²) >= 11 is 0. The van der Waals surface area contributed by atoms with Crippen LogP contribution in [0.3, 0.4) is 0 Å². The first-order valence-electron chi connectivity index (χ1n) is 6.86. The number of halogens is 3. The number of hydrogen-bond donors (Lipinski definition) is 1. The number of hydrogen-bond acceptors (Lipinski definition) is 2. The van der Waals surface area contributed by atoms with Crippen molar-refractivity contribution in [2.24, 2.45) is 11.7 Å². The molecule has 1 rings (SSSR count). The molecule has 0 aliphatic carbocycles. The molecule has 18 heavy (non-hydrogen) atoms. The Morgan fingerprint density at radius 2 is 2.00 bits per heavy atom. The van der Waals surface area contributed by atoms with Gasteiger partial charge in [-0.25, -0.2) is 0 Å². The van der Waals surface area contributed by atoms with Gasteiger partial charge in [0.2, 0.25) is 0 Å². The largest absolute Gasteiger partial charge is 0.389 e. The van der Waals surface area contributed by atoms with Crippen molar-refractivity contribution in [3.8, 4) is 0 Å². The van der Waals surface area contributed by atoms with Crippen LogP contribution < -0.4 is 5.73 Å². The van der Waals surface area contributed by atoms with E-state index >= 15 is 0 Å². The fourth-order valence-electron chi connectivity index (χ4n) is 2.78. The quantitative estimate of drug-likeness (QED) is 0.828. The summed E-state index contributed by atoms with van der Waals surface area (Å²) in [6.07, 6.45) is -1.61. The molecule has 2 N–H and O–H groups in total. The molecule has 3 unspecified atom stereocenters. The number of nitrogens with zero attached hydrogens (tertiary/aromatic N) is 1. The van der Waals surface area contributed by atoms with Crippen LogP contribution in [0.4, 0.5) is 13.2 Å². The van der Waals surface area contributed by atoms with Crippen LogP contribution in [-0.4, -0.2) is 36.2 Å². The first-order chi connectivity index (χ1) is 8.33. The van der Waals surface area contributed by atoms with Gasteiger partial charge in [-0.3, -0.25) is 4.90 Å². The molecule has 2 nitrogen and oxygen atoms in total. The van der Waals surface area contributed by atoms with E-state index in [1.807, 2.05) is 6.92 Å². The van der Waals surface area contributed by atoms with E-state index in [2.05, 4.69) is 11.8 Å². The SMILES string of the molecule is CC(CCCC(F)(F)F)N1CC(CN)CCC1C. The van der Waals surface area contributed by atoms with Crippen molar-refractivity contribution in [1.82, 2.24) is 4.90 Å². The molecular weight excluding hydrogens is 241 g/mol. The third kappa shape index (κ3) is 5.14. The normalized spacial score (nSPS) is 28.3. The minimum Gasteiger partial charge on any atom is -0.330 e. The van der Waals surface area contributed by atoms with Crippen molar-refractivity contribution in [3.05, 3.63) is 0 Å². The Hall–Kier alpha value is -0.290. The van der Waals surface area contributed by atoms with Crippen molar-refractivity contribution in [2.45, 2.75) is 64.2 Å². The van der Waals surface area contributed by atoms with E-state index in [0.29, 0.717) is 24.9 Å². The molecule has 0 aromatic heterocycles. The van der Waals surface area contributed by atoms with Crippen LogP contribution in [-0.2, 0) is 0 Å². The second kappa shape index (κ2) is 6.75. The number of rotatable bonds is 5. The molecular formula is C13H25F3N2. The lowest BCUT2D eigenvalue weighted by atomic mass is 9.91. The average molecular weight is 266 g/mol. The fourth-order valence-corrected chi connectivity index (χ4v) is 2.78. The first kappa shape index (κ1) is 15.8. The highest BCUT2D eigenvalue weighted by Crippen LogP contribution is 2.27. The molecule has 1 aliphatic rings. The highest BCUT2D eigenvalue weighted by Gasteiger charge is 2.30. The molecule has 0 bridgehead atoms. The van der Waals surface area contributed by atoms with E-state index in [9.17, 15) is 13.2 Å². The van der Waals surface area contributed by atoms with E-state index in [4.69, 9.17) is 5.73 Å². The van der Waals surface area contributed by atoms with Crippen LogP contribution in [0.2, 0.25) is 0 Å². The van der Waals surface area contributed by atoms with E-state index in [-0.39, 0.29) is 12.5 Å². The molecule has 108 valence electrons. The average Bonchev–Trinajstić information content (AvgIpc) is 2.27. The molecule has 0 spiro atoms. The number of nitrogens with two attached hydrogens (primary N) is 1. The first-order valence-corrected chi connectivity index (χ1v) is 6.86. The zero-order valence-corrected chi connectivity index (χ0v) is 11.3. The van der Waals surface area contributed by atoms with Gasteiger partial charge in [-0.1, -0.05) is 0 Å². The summed E-state index contributed by atoms with van der Waals surface area (Å²) in [5.74, 6) is 0.506. The number of alkyl halides is 3. The lowest BCUT2D eigenvalue weighted by molar-refractivity contribution is -0.136. The molecule has 0 saturated carbocycles. The van der Waals surface area contributed by atoms with Crippen molar-refractivity contribution >= 4 is 0 Å². The van der Waals surface area contributed by atoms with Crippen molar-refractivity contribution in [1.29, 1.82) is 0 Å². The van der Waals surface area contributed by atoms with Gasteiger partial charge in [0.15, 0.2) is 0 Å². The second-order valence-electron chi connectivity index (χ2n) is 5.58. The standard InChI is InChI=1S/C13H25F3N2/c1-10(4-3-7-13(14,15)16)18-9-12(8-17)6-5-11(18)2/h10-12H,3-9,17H2,1-2H3. The Balaban J connectivity index is 2.37. The Kier molecular flexibility index (Phi) is 5.92. The maximum absolute atomic E-state index is 12.1. The molecule has 5 heteroatoms. The zero-order chi connectivity index (χ0) is 13.8. The van der Waals surface area contributed by atoms with Gasteiger partial charge in [0.1, 0.15) is 0 Å². The Morgan fingerprint density at radius 1 is 1.33 bits per heavy atom. The van der Waals surface area contributed by atoms with E-state index in [0.717, 1.165) is 19.4 Å². The summed E-state index contributed by atoms with van der Waals surface area (Å²) < 4.78 is 36.3. The third-order valence-electron chi connectivity index (χ3n) is 4.01. The molecule has 0 aromatic carbocycles. The van der Waals surface area contributed by atoms with Gasteiger partial charge in [0.05, 0.1) is 0 Å². The van der Waals surface area contributed by atoms with Crippen molar-refractivity contribution in [2.75, 3.05) is 13.1 Å². The number of piperidine rings is 1.